The number of carbonyl (C=O) groups excluding carboxylic acids is 1. The highest BCUT2D eigenvalue weighted by molar-refractivity contribution is 5.92. The maximum atomic E-state index is 13.1. The number of nitrogens with zero attached hydrogens (tertiary/aromatic N) is 4. The first-order valence-electron chi connectivity index (χ1n) is 18.8. The van der Waals surface area contributed by atoms with Crippen LogP contribution < -0.4 is 20.1 Å². The number of nitrogens with one attached hydrogen (secondary N) is 2. The van der Waals surface area contributed by atoms with Gasteiger partial charge in [-0.1, -0.05) is 13.0 Å². The molecule has 0 spiro atoms. The van der Waals surface area contributed by atoms with Crippen molar-refractivity contribution in [2.24, 2.45) is 17.3 Å². The molecule has 3 aliphatic carbocycles. The number of fused-ring (bicyclic) bond motifs is 7. The molecule has 5 N–H and O–H groups in total. The molecule has 2 aliphatic heterocycles. The van der Waals surface area contributed by atoms with E-state index in [1.165, 1.54) is 23.3 Å². The number of hydrogen-bond donors (Lipinski definition) is 5. The Morgan fingerprint density at radius 3 is 2.71 bits per heavy atom. The summed E-state index contributed by atoms with van der Waals surface area (Å²) < 4.78 is 62.5. The molecule has 4 fully saturated rings. The fourth-order valence-corrected chi connectivity index (χ4v) is 9.47. The topological polar surface area (TPSA) is 190 Å². The predicted octanol–water partition coefficient (Wildman–Crippen LogP) is 3.41. The van der Waals surface area contributed by atoms with Gasteiger partial charge in [0, 0.05) is 12.6 Å². The Bertz CT molecular complexity index is 1870. The average Bonchev–Trinajstić information content (AvgIpc) is 3.73. The number of amides is 1. The first kappa shape index (κ1) is 37.7. The number of alkyl halides is 3. The van der Waals surface area contributed by atoms with Crippen LogP contribution in [0.2, 0.25) is 0 Å². The fourth-order valence-electron chi connectivity index (χ4n) is 9.47. The van der Waals surface area contributed by atoms with Crippen LogP contribution in [0.15, 0.2) is 42.7 Å². The zero-order chi connectivity index (χ0) is 38.5. The standard InChI is InChI=1S/C38H45F3N6O8/c1-36-12-11-23-22-6-4-21(15-20(22)3-5-24(23)25(36)7-9-28(36)48)52-14-2-13-43-34(51)26-8-10-30(47-46-26)53-18-37-19-54-35(55-37)31(32(49)33(37)50)45-29-17-42-16-27(44-29)38(39,40)41/h4,6,8,10,15-17,23-25,28,31-33,35,48-50H,2-3,5,7,9,11-14,18-19H2,1H3,(H,43,51)(H,44,45)/t23-,24-,25+,28+,31-,32-,33-,35+,36+,37+/m1/s1. The third-order valence-electron chi connectivity index (χ3n) is 12.5. The number of carbonyl (C=O) groups is 1. The van der Waals surface area contributed by atoms with Gasteiger partial charge in [0.25, 0.3) is 5.91 Å². The third kappa shape index (κ3) is 7.20. The number of aliphatic hydroxyl groups excluding tert-OH is 3. The summed E-state index contributed by atoms with van der Waals surface area (Å²) in [5.74, 6) is 1.92. The molecule has 296 valence electrons. The second-order valence-electron chi connectivity index (χ2n) is 15.7. The molecular weight excluding hydrogens is 725 g/mol. The number of benzene rings is 1. The van der Waals surface area contributed by atoms with E-state index in [-0.39, 0.29) is 42.1 Å². The van der Waals surface area contributed by atoms with Crippen molar-refractivity contribution in [3.05, 3.63) is 65.2 Å². The minimum Gasteiger partial charge on any atom is -0.494 e. The number of halogens is 3. The lowest BCUT2D eigenvalue weighted by atomic mass is 9.55. The SMILES string of the molecule is C[C@]12CC[C@@H]3c4ccc(OCCCNC(=O)c5ccc(OC[C@@]67CO[C@@H](O6)[C@H](Nc6cncc(C(F)(F)F)n6)[C@@H](O)[C@H]7O)nn5)cc4CC[C@H]3[C@@H]1CC[C@@H]2O. The van der Waals surface area contributed by atoms with Crippen molar-refractivity contribution in [2.75, 3.05) is 31.7 Å². The van der Waals surface area contributed by atoms with E-state index in [2.05, 4.69) is 49.9 Å². The first-order valence-corrected chi connectivity index (χ1v) is 18.8. The summed E-state index contributed by atoms with van der Waals surface area (Å²) in [6, 6.07) is 8.13. The zero-order valence-corrected chi connectivity index (χ0v) is 30.2. The van der Waals surface area contributed by atoms with E-state index in [0.29, 0.717) is 43.5 Å². The quantitative estimate of drug-likeness (QED) is 0.179. The van der Waals surface area contributed by atoms with Crippen LogP contribution in [0.5, 0.6) is 11.6 Å². The molecule has 17 heteroatoms. The number of anilines is 1. The Labute approximate surface area is 315 Å². The number of ether oxygens (including phenoxy) is 4. The van der Waals surface area contributed by atoms with Gasteiger partial charge in [-0.15, -0.1) is 10.2 Å². The van der Waals surface area contributed by atoms with E-state index < -0.39 is 47.9 Å². The van der Waals surface area contributed by atoms with Crippen molar-refractivity contribution in [1.29, 1.82) is 0 Å². The van der Waals surface area contributed by atoms with Gasteiger partial charge in [-0.25, -0.2) is 4.98 Å². The van der Waals surface area contributed by atoms with Crippen molar-refractivity contribution in [3.8, 4) is 11.6 Å². The molecular formula is C38H45F3N6O8. The lowest BCUT2D eigenvalue weighted by Gasteiger charge is -2.50. The van der Waals surface area contributed by atoms with Gasteiger partial charge < -0.3 is 44.9 Å². The smallest absolute Gasteiger partial charge is 0.434 e. The van der Waals surface area contributed by atoms with Crippen molar-refractivity contribution in [2.45, 2.75) is 100 Å². The van der Waals surface area contributed by atoms with Gasteiger partial charge >= 0.3 is 6.18 Å². The van der Waals surface area contributed by atoms with Crippen LogP contribution >= 0.6 is 0 Å². The second-order valence-corrected chi connectivity index (χ2v) is 15.7. The highest BCUT2D eigenvalue weighted by Gasteiger charge is 2.60. The molecule has 1 aromatic carbocycles. The predicted molar refractivity (Wildman–Crippen MR) is 187 cm³/mol. The Morgan fingerprint density at radius 1 is 1.05 bits per heavy atom. The van der Waals surface area contributed by atoms with Gasteiger partial charge in [0.2, 0.25) is 5.88 Å². The van der Waals surface area contributed by atoms with Crippen molar-refractivity contribution in [3.63, 3.8) is 0 Å². The molecule has 4 heterocycles. The van der Waals surface area contributed by atoms with E-state index in [1.54, 1.807) is 0 Å². The summed E-state index contributed by atoms with van der Waals surface area (Å²) in [4.78, 5) is 19.7. The molecule has 2 bridgehead atoms. The Kier molecular flexibility index (Phi) is 10.1. The number of aromatic nitrogens is 4. The van der Waals surface area contributed by atoms with Crippen LogP contribution in [0.1, 0.15) is 78.7 Å². The molecule has 0 radical (unpaired) electrons. The van der Waals surface area contributed by atoms with Crippen LogP contribution in [0, 0.1) is 17.3 Å². The van der Waals surface area contributed by atoms with E-state index in [4.69, 9.17) is 18.9 Å². The molecule has 14 nitrogen and oxygen atoms in total. The number of aliphatic hydroxyl groups is 3. The van der Waals surface area contributed by atoms with Gasteiger partial charge in [-0.05, 0) is 97.4 Å². The second kappa shape index (κ2) is 14.7. The molecule has 10 atom stereocenters. The molecule has 8 rings (SSSR count). The number of hydrogen-bond acceptors (Lipinski definition) is 13. The van der Waals surface area contributed by atoms with E-state index in [1.807, 2.05) is 6.07 Å². The molecule has 1 amide bonds. The zero-order valence-electron chi connectivity index (χ0n) is 30.2. The van der Waals surface area contributed by atoms with Crippen molar-refractivity contribution < 1.29 is 52.2 Å². The van der Waals surface area contributed by atoms with E-state index >= 15 is 0 Å². The van der Waals surface area contributed by atoms with Gasteiger partial charge in [0.05, 0.1) is 31.7 Å². The minimum absolute atomic E-state index is 0.0208. The summed E-state index contributed by atoms with van der Waals surface area (Å²) in [6.07, 6.45) is -0.530. The third-order valence-corrected chi connectivity index (χ3v) is 12.5. The van der Waals surface area contributed by atoms with Crippen LogP contribution in [0.4, 0.5) is 19.0 Å². The molecule has 0 unspecified atom stereocenters. The molecule has 2 saturated carbocycles. The van der Waals surface area contributed by atoms with Crippen molar-refractivity contribution in [1.82, 2.24) is 25.5 Å². The summed E-state index contributed by atoms with van der Waals surface area (Å²) in [7, 11) is 0. The normalized spacial score (nSPS) is 33.6. The van der Waals surface area contributed by atoms with Gasteiger partial charge in [-0.2, -0.15) is 13.2 Å². The number of rotatable bonds is 11. The number of aryl methyl sites for hydroxylation is 1. The lowest BCUT2D eigenvalue weighted by molar-refractivity contribution is -0.222. The molecule has 2 aromatic heterocycles. The molecule has 5 aliphatic rings. The van der Waals surface area contributed by atoms with Gasteiger partial charge in [0.15, 0.2) is 23.3 Å². The largest absolute Gasteiger partial charge is 0.494 e. The highest BCUT2D eigenvalue weighted by Crippen LogP contribution is 2.61. The monoisotopic (exact) mass is 770 g/mol. The highest BCUT2D eigenvalue weighted by atomic mass is 19.4. The average molecular weight is 771 g/mol. The maximum Gasteiger partial charge on any atom is 0.434 e. The molecule has 3 aromatic rings. The van der Waals surface area contributed by atoms with E-state index in [0.717, 1.165) is 50.5 Å². The first-order chi connectivity index (χ1) is 26.3. The molecule has 55 heavy (non-hydrogen) atoms. The van der Waals surface area contributed by atoms with Crippen LogP contribution in [-0.2, 0) is 22.1 Å². The Morgan fingerprint density at radius 2 is 1.91 bits per heavy atom. The molecule has 2 saturated heterocycles. The summed E-state index contributed by atoms with van der Waals surface area (Å²) >= 11 is 0. The van der Waals surface area contributed by atoms with Gasteiger partial charge in [0.1, 0.15) is 36.4 Å². The summed E-state index contributed by atoms with van der Waals surface area (Å²) in [6.45, 7) is 2.57. The van der Waals surface area contributed by atoms with Crippen LogP contribution in [0.3, 0.4) is 0 Å². The van der Waals surface area contributed by atoms with Gasteiger partial charge in [-0.3, -0.25) is 9.78 Å². The Hall–Kier alpha value is -4.16. The maximum absolute atomic E-state index is 13.1. The summed E-state index contributed by atoms with van der Waals surface area (Å²) in [5, 5.41) is 45.8. The Balaban J connectivity index is 0.774. The van der Waals surface area contributed by atoms with Crippen molar-refractivity contribution >= 4 is 11.7 Å². The minimum atomic E-state index is -4.72. The summed E-state index contributed by atoms with van der Waals surface area (Å²) in [5.41, 5.74) is 0.182. The fraction of sp³-hybridized carbons (Fsp3) is 0.605. The van der Waals surface area contributed by atoms with Crippen LogP contribution in [0.25, 0.3) is 0 Å². The van der Waals surface area contributed by atoms with Crippen LogP contribution in [-0.4, -0.2) is 104 Å². The lowest BCUT2D eigenvalue weighted by Crippen LogP contribution is -2.64. The van der Waals surface area contributed by atoms with E-state index in [9.17, 15) is 33.3 Å².